The van der Waals surface area contributed by atoms with Gasteiger partial charge in [0.1, 0.15) is 0 Å². The molecule has 3 heterocycles. The first kappa shape index (κ1) is 23.5. The van der Waals surface area contributed by atoms with Crippen LogP contribution in [0.3, 0.4) is 0 Å². The lowest BCUT2D eigenvalue weighted by atomic mass is 9.83. The molecule has 2 nitrogen and oxygen atoms in total. The van der Waals surface area contributed by atoms with E-state index in [9.17, 15) is 0 Å². The zero-order valence-electron chi connectivity index (χ0n) is 23.7. The summed E-state index contributed by atoms with van der Waals surface area (Å²) in [6.45, 7) is 16.2. The molecular formula is C36H36N2. The van der Waals surface area contributed by atoms with E-state index in [2.05, 4.69) is 114 Å². The topological polar surface area (TPSA) is 17.3 Å². The molecule has 0 unspecified atom stereocenters. The Hall–Kier alpha value is -3.65. The summed E-state index contributed by atoms with van der Waals surface area (Å²) in [5.41, 5.74) is 9.54. The van der Waals surface area contributed by atoms with Crippen molar-refractivity contribution in [2.24, 2.45) is 10.8 Å². The maximum atomic E-state index is 5.06. The molecule has 7 rings (SSSR count). The smallest absolute Gasteiger partial charge is 0.0823 e. The van der Waals surface area contributed by atoms with Crippen LogP contribution in [0.5, 0.6) is 0 Å². The molecule has 0 bridgehead atoms. The SMILES string of the molecule is Cc1ccc2c3ccc4ccnc5c6cc7cc(CC(C)(C)C)ccc7c(CC(C)(C)C)c6n(c2c1)c3c45. The van der Waals surface area contributed by atoms with E-state index < -0.39 is 0 Å². The van der Waals surface area contributed by atoms with Gasteiger partial charge in [-0.15, -0.1) is 0 Å². The first-order valence-electron chi connectivity index (χ1n) is 13.9. The molecule has 0 aliphatic heterocycles. The van der Waals surface area contributed by atoms with Gasteiger partial charge in [-0.1, -0.05) is 84.0 Å². The van der Waals surface area contributed by atoms with Crippen LogP contribution in [0, 0.1) is 17.8 Å². The van der Waals surface area contributed by atoms with Crippen LogP contribution in [0.1, 0.15) is 58.2 Å². The Kier molecular flexibility index (Phi) is 4.75. The van der Waals surface area contributed by atoms with Gasteiger partial charge in [0.25, 0.3) is 0 Å². The fraction of sp³-hybridized carbons (Fsp3) is 0.306. The molecule has 3 aromatic heterocycles. The van der Waals surface area contributed by atoms with Gasteiger partial charge in [-0.25, -0.2) is 0 Å². The molecule has 0 fully saturated rings. The number of pyridine rings is 2. The van der Waals surface area contributed by atoms with E-state index in [0.717, 1.165) is 18.4 Å². The quantitative estimate of drug-likeness (QED) is 0.172. The van der Waals surface area contributed by atoms with Crippen molar-refractivity contribution in [2.75, 3.05) is 0 Å². The largest absolute Gasteiger partial charge is 0.308 e. The first-order valence-corrected chi connectivity index (χ1v) is 13.9. The van der Waals surface area contributed by atoms with Gasteiger partial charge in [-0.2, -0.15) is 0 Å². The number of hydrogen-bond donors (Lipinski definition) is 0. The molecule has 0 amide bonds. The van der Waals surface area contributed by atoms with Gasteiger partial charge in [0, 0.05) is 27.7 Å². The van der Waals surface area contributed by atoms with Crippen molar-refractivity contribution in [2.45, 2.75) is 61.3 Å². The highest BCUT2D eigenvalue weighted by molar-refractivity contribution is 6.28. The van der Waals surface area contributed by atoms with Crippen molar-refractivity contribution in [3.05, 3.63) is 83.6 Å². The monoisotopic (exact) mass is 496 g/mol. The van der Waals surface area contributed by atoms with Crippen LogP contribution in [-0.2, 0) is 12.8 Å². The minimum absolute atomic E-state index is 0.139. The van der Waals surface area contributed by atoms with Crippen molar-refractivity contribution >= 4 is 59.8 Å². The van der Waals surface area contributed by atoms with Crippen LogP contribution in [0.2, 0.25) is 0 Å². The molecule has 0 saturated heterocycles. The minimum Gasteiger partial charge on any atom is -0.308 e. The highest BCUT2D eigenvalue weighted by atomic mass is 14.9. The summed E-state index contributed by atoms with van der Waals surface area (Å²) in [6.07, 6.45) is 4.04. The highest BCUT2D eigenvalue weighted by Gasteiger charge is 2.24. The minimum atomic E-state index is 0.139. The fourth-order valence-corrected chi connectivity index (χ4v) is 6.70. The Balaban J connectivity index is 1.77. The van der Waals surface area contributed by atoms with Crippen LogP contribution in [0.4, 0.5) is 0 Å². The Labute approximate surface area is 224 Å². The van der Waals surface area contributed by atoms with E-state index in [4.69, 9.17) is 4.98 Å². The lowest BCUT2D eigenvalue weighted by Crippen LogP contribution is -2.12. The molecule has 0 atom stereocenters. The van der Waals surface area contributed by atoms with E-state index in [-0.39, 0.29) is 10.8 Å². The van der Waals surface area contributed by atoms with Crippen molar-refractivity contribution in [3.63, 3.8) is 0 Å². The van der Waals surface area contributed by atoms with Crippen molar-refractivity contribution in [1.82, 2.24) is 9.38 Å². The second kappa shape index (κ2) is 7.69. The molecule has 0 N–H and O–H groups in total. The van der Waals surface area contributed by atoms with Crippen molar-refractivity contribution in [3.8, 4) is 0 Å². The zero-order chi connectivity index (χ0) is 26.6. The predicted octanol–water partition coefficient (Wildman–Crippen LogP) is 10.0. The summed E-state index contributed by atoms with van der Waals surface area (Å²) in [5.74, 6) is 0. The highest BCUT2D eigenvalue weighted by Crippen LogP contribution is 2.44. The van der Waals surface area contributed by atoms with E-state index in [1.165, 1.54) is 70.9 Å². The molecule has 0 saturated carbocycles. The Morgan fingerprint density at radius 2 is 1.39 bits per heavy atom. The molecule has 0 aliphatic carbocycles. The average Bonchev–Trinajstić information content (AvgIpc) is 3.15. The standard InChI is InChI=1S/C36H36N2/c1-21-8-11-26-27-13-10-23-14-15-37-32-28-18-24-17-22(19-35(2,3)4)9-12-25(24)29(20-36(5,6)7)33(28)38(30(26)16-21)34(27)31(23)32/h8-18H,19-20H2,1-7H3. The molecule has 7 aromatic rings. The lowest BCUT2D eigenvalue weighted by molar-refractivity contribution is 0.411. The molecule has 2 heteroatoms. The van der Waals surface area contributed by atoms with E-state index in [0.29, 0.717) is 0 Å². The molecule has 4 aromatic carbocycles. The van der Waals surface area contributed by atoms with Crippen LogP contribution in [0.15, 0.2) is 66.9 Å². The molecule has 0 aliphatic rings. The first-order chi connectivity index (χ1) is 18.0. The number of fused-ring (bicyclic) bond motifs is 7. The predicted molar refractivity (Wildman–Crippen MR) is 165 cm³/mol. The van der Waals surface area contributed by atoms with E-state index in [1.807, 2.05) is 6.20 Å². The summed E-state index contributed by atoms with van der Waals surface area (Å²) in [7, 11) is 0. The molecular weight excluding hydrogens is 460 g/mol. The van der Waals surface area contributed by atoms with Crippen molar-refractivity contribution < 1.29 is 0 Å². The van der Waals surface area contributed by atoms with Crippen LogP contribution in [-0.4, -0.2) is 9.38 Å². The number of nitrogens with zero attached hydrogens (tertiary/aromatic N) is 2. The number of rotatable bonds is 2. The van der Waals surface area contributed by atoms with Gasteiger partial charge in [0.15, 0.2) is 0 Å². The lowest BCUT2D eigenvalue weighted by Gasteiger charge is -2.24. The fourth-order valence-electron chi connectivity index (χ4n) is 6.70. The van der Waals surface area contributed by atoms with E-state index in [1.54, 1.807) is 0 Å². The normalized spacial score (nSPS) is 13.3. The Morgan fingerprint density at radius 1 is 0.658 bits per heavy atom. The average molecular weight is 497 g/mol. The second-order valence-corrected chi connectivity index (χ2v) is 13.9. The van der Waals surface area contributed by atoms with Crippen LogP contribution in [0.25, 0.3) is 59.8 Å². The number of aromatic nitrogens is 2. The van der Waals surface area contributed by atoms with Gasteiger partial charge >= 0.3 is 0 Å². The summed E-state index contributed by atoms with van der Waals surface area (Å²) in [6, 6.07) is 23.3. The van der Waals surface area contributed by atoms with Gasteiger partial charge in [-0.3, -0.25) is 4.98 Å². The third-order valence-corrected chi connectivity index (χ3v) is 8.01. The molecule has 0 radical (unpaired) electrons. The third-order valence-electron chi connectivity index (χ3n) is 8.01. The maximum absolute atomic E-state index is 5.06. The maximum Gasteiger partial charge on any atom is 0.0823 e. The second-order valence-electron chi connectivity index (χ2n) is 13.9. The Bertz CT molecular complexity index is 2040. The third kappa shape index (κ3) is 3.50. The Morgan fingerprint density at radius 3 is 2.16 bits per heavy atom. The summed E-state index contributed by atoms with van der Waals surface area (Å²) in [5, 5.41) is 9.12. The van der Waals surface area contributed by atoms with Gasteiger partial charge in [0.2, 0.25) is 0 Å². The van der Waals surface area contributed by atoms with Crippen LogP contribution >= 0.6 is 0 Å². The number of hydrogen-bond acceptors (Lipinski definition) is 1. The van der Waals surface area contributed by atoms with E-state index >= 15 is 0 Å². The number of aryl methyl sites for hydroxylation is 1. The number of benzene rings is 4. The summed E-state index contributed by atoms with van der Waals surface area (Å²) < 4.78 is 2.58. The van der Waals surface area contributed by atoms with Gasteiger partial charge in [-0.05, 0) is 81.6 Å². The van der Waals surface area contributed by atoms with Gasteiger partial charge in [0.05, 0.1) is 22.1 Å². The van der Waals surface area contributed by atoms with Gasteiger partial charge < -0.3 is 4.40 Å². The van der Waals surface area contributed by atoms with Crippen LogP contribution < -0.4 is 0 Å². The summed E-state index contributed by atoms with van der Waals surface area (Å²) >= 11 is 0. The van der Waals surface area contributed by atoms with Crippen molar-refractivity contribution in [1.29, 1.82) is 0 Å². The molecule has 38 heavy (non-hydrogen) atoms. The zero-order valence-corrected chi connectivity index (χ0v) is 23.7. The molecule has 190 valence electrons. The molecule has 0 spiro atoms. The summed E-state index contributed by atoms with van der Waals surface area (Å²) in [4.78, 5) is 5.06.